The van der Waals surface area contributed by atoms with E-state index in [0.29, 0.717) is 24.0 Å². The molecule has 0 spiro atoms. The van der Waals surface area contributed by atoms with E-state index in [4.69, 9.17) is 21.1 Å². The molecule has 2 aliphatic rings. The first-order chi connectivity index (χ1) is 13.8. The van der Waals surface area contributed by atoms with Gasteiger partial charge in [0, 0.05) is 13.1 Å². The Balaban J connectivity index is 1.77. The highest BCUT2D eigenvalue weighted by Crippen LogP contribution is 2.29. The zero-order valence-electron chi connectivity index (χ0n) is 17.0. The third-order valence-corrected chi connectivity index (χ3v) is 5.20. The highest BCUT2D eigenvalue weighted by molar-refractivity contribution is 5.74. The molecule has 0 aliphatic heterocycles. The number of carbonyl (C=O) groups is 1. The van der Waals surface area contributed by atoms with Crippen LogP contribution in [0, 0.1) is 18.7 Å². The van der Waals surface area contributed by atoms with Crippen LogP contribution < -0.4 is 21.6 Å². The van der Waals surface area contributed by atoms with Crippen LogP contribution in [0.2, 0.25) is 0 Å². The quantitative estimate of drug-likeness (QED) is 0.470. The standard InChI is InChI=1S/C20H30FN5O3/c1-12-16(29-14-6-4-3-5-7-14)10-15(21)18(24-12)17(22)19(26(2)23)25-20(27)28-11-13-8-9-13/h10,13-14H,3-9,11,22-23H2,1-2H3,(H,25,27)/b19-17-. The van der Waals surface area contributed by atoms with Crippen molar-refractivity contribution in [2.45, 2.75) is 58.0 Å². The Morgan fingerprint density at radius 1 is 1.31 bits per heavy atom. The van der Waals surface area contributed by atoms with Gasteiger partial charge in [-0.15, -0.1) is 0 Å². The summed E-state index contributed by atoms with van der Waals surface area (Å²) in [5, 5.41) is 3.58. The van der Waals surface area contributed by atoms with Gasteiger partial charge in [0.15, 0.2) is 11.6 Å². The number of hydrogen-bond donors (Lipinski definition) is 3. The number of hydrogen-bond acceptors (Lipinski definition) is 7. The second-order valence-corrected chi connectivity index (χ2v) is 7.82. The number of rotatable bonds is 7. The van der Waals surface area contributed by atoms with E-state index in [-0.39, 0.29) is 23.3 Å². The molecule has 3 rings (SSSR count). The molecule has 160 valence electrons. The summed E-state index contributed by atoms with van der Waals surface area (Å²) in [5.74, 6) is 5.97. The number of aromatic nitrogens is 1. The molecule has 1 aromatic heterocycles. The normalized spacial score (nSPS) is 18.1. The fourth-order valence-electron chi connectivity index (χ4n) is 3.30. The highest BCUT2D eigenvalue weighted by Gasteiger charge is 2.25. The molecule has 0 saturated heterocycles. The number of alkyl carbamates (subject to hydrolysis) is 1. The first-order valence-corrected chi connectivity index (χ1v) is 10.1. The number of carbonyl (C=O) groups excluding carboxylic acids is 1. The maximum absolute atomic E-state index is 14.8. The Bertz CT molecular complexity index is 774. The SMILES string of the molecule is Cc1nc(/C(N)=C(\NC(=O)OCC2CC2)N(C)N)c(F)cc1OC1CCCCC1. The lowest BCUT2D eigenvalue weighted by molar-refractivity contribution is 0.141. The summed E-state index contributed by atoms with van der Waals surface area (Å²) < 4.78 is 25.9. The minimum Gasteiger partial charge on any atom is -0.488 e. The van der Waals surface area contributed by atoms with Crippen molar-refractivity contribution < 1.29 is 18.7 Å². The number of pyridine rings is 1. The second-order valence-electron chi connectivity index (χ2n) is 7.82. The van der Waals surface area contributed by atoms with Gasteiger partial charge in [-0.2, -0.15) is 0 Å². The molecule has 5 N–H and O–H groups in total. The number of halogens is 1. The summed E-state index contributed by atoms with van der Waals surface area (Å²) in [6.45, 7) is 2.07. The van der Waals surface area contributed by atoms with Crippen LogP contribution in [0.15, 0.2) is 11.9 Å². The van der Waals surface area contributed by atoms with Gasteiger partial charge in [0.05, 0.1) is 18.4 Å². The van der Waals surface area contributed by atoms with Gasteiger partial charge in [0.25, 0.3) is 0 Å². The number of amides is 1. The van der Waals surface area contributed by atoms with Crippen LogP contribution >= 0.6 is 0 Å². The Labute approximate surface area is 170 Å². The molecule has 29 heavy (non-hydrogen) atoms. The molecule has 0 unspecified atom stereocenters. The molecule has 9 heteroatoms. The van der Waals surface area contributed by atoms with Gasteiger partial charge in [0.1, 0.15) is 17.1 Å². The van der Waals surface area contributed by atoms with Gasteiger partial charge in [-0.25, -0.2) is 20.0 Å². The third-order valence-electron chi connectivity index (χ3n) is 5.20. The molecular formula is C20H30FN5O3. The minimum absolute atomic E-state index is 0.0116. The fraction of sp³-hybridized carbons (Fsp3) is 0.600. The van der Waals surface area contributed by atoms with Crippen molar-refractivity contribution in [3.05, 3.63) is 29.1 Å². The number of nitrogens with two attached hydrogens (primary N) is 2. The summed E-state index contributed by atoms with van der Waals surface area (Å²) in [5.41, 5.74) is 6.43. The molecule has 0 aromatic carbocycles. The maximum Gasteiger partial charge on any atom is 0.412 e. The van der Waals surface area contributed by atoms with Crippen molar-refractivity contribution >= 4 is 11.8 Å². The summed E-state index contributed by atoms with van der Waals surface area (Å²) in [6.07, 6.45) is 6.84. The van der Waals surface area contributed by atoms with E-state index >= 15 is 0 Å². The van der Waals surface area contributed by atoms with Gasteiger partial charge >= 0.3 is 6.09 Å². The summed E-state index contributed by atoms with van der Waals surface area (Å²) in [7, 11) is 1.48. The monoisotopic (exact) mass is 407 g/mol. The lowest BCUT2D eigenvalue weighted by Gasteiger charge is -2.24. The first kappa shape index (κ1) is 21.2. The molecule has 1 aromatic rings. The molecule has 1 heterocycles. The molecule has 0 atom stereocenters. The molecule has 0 radical (unpaired) electrons. The predicted molar refractivity (Wildman–Crippen MR) is 107 cm³/mol. The molecule has 2 saturated carbocycles. The van der Waals surface area contributed by atoms with Crippen molar-refractivity contribution in [3.8, 4) is 5.75 Å². The molecule has 8 nitrogen and oxygen atoms in total. The topological polar surface area (TPSA) is 116 Å². The average molecular weight is 407 g/mol. The maximum atomic E-state index is 14.8. The number of aryl methyl sites for hydroxylation is 1. The van der Waals surface area contributed by atoms with Crippen molar-refractivity contribution in [1.82, 2.24) is 15.3 Å². The van der Waals surface area contributed by atoms with Crippen molar-refractivity contribution in [3.63, 3.8) is 0 Å². The van der Waals surface area contributed by atoms with Gasteiger partial charge in [-0.3, -0.25) is 10.3 Å². The molecular weight excluding hydrogens is 377 g/mol. The fourth-order valence-corrected chi connectivity index (χ4v) is 3.30. The van der Waals surface area contributed by atoms with Gasteiger partial charge in [-0.1, -0.05) is 6.42 Å². The van der Waals surface area contributed by atoms with Crippen LogP contribution in [-0.4, -0.2) is 35.8 Å². The Morgan fingerprint density at radius 2 is 2.00 bits per heavy atom. The van der Waals surface area contributed by atoms with E-state index in [1.54, 1.807) is 6.92 Å². The van der Waals surface area contributed by atoms with Gasteiger partial charge < -0.3 is 15.2 Å². The second kappa shape index (κ2) is 9.30. The van der Waals surface area contributed by atoms with E-state index in [1.165, 1.54) is 19.5 Å². The Morgan fingerprint density at radius 3 is 2.62 bits per heavy atom. The van der Waals surface area contributed by atoms with E-state index in [0.717, 1.165) is 43.5 Å². The predicted octanol–water partition coefficient (Wildman–Crippen LogP) is 2.77. The van der Waals surface area contributed by atoms with Crippen LogP contribution in [0.4, 0.5) is 9.18 Å². The molecule has 2 aliphatic carbocycles. The molecule has 1 amide bonds. The lowest BCUT2D eigenvalue weighted by atomic mass is 9.98. The Hall–Kier alpha value is -2.55. The van der Waals surface area contributed by atoms with E-state index in [1.807, 2.05) is 0 Å². The van der Waals surface area contributed by atoms with E-state index in [2.05, 4.69) is 10.3 Å². The first-order valence-electron chi connectivity index (χ1n) is 10.1. The summed E-state index contributed by atoms with van der Waals surface area (Å²) >= 11 is 0. The Kier molecular flexibility index (Phi) is 6.79. The van der Waals surface area contributed by atoms with Crippen LogP contribution in [0.3, 0.4) is 0 Å². The number of ether oxygens (including phenoxy) is 2. The largest absolute Gasteiger partial charge is 0.488 e. The smallest absolute Gasteiger partial charge is 0.412 e. The van der Waals surface area contributed by atoms with Crippen molar-refractivity contribution in [1.29, 1.82) is 0 Å². The van der Waals surface area contributed by atoms with Crippen molar-refractivity contribution in [2.75, 3.05) is 13.7 Å². The zero-order chi connectivity index (χ0) is 21.0. The van der Waals surface area contributed by atoms with Crippen LogP contribution in [0.5, 0.6) is 5.75 Å². The molecule has 0 bridgehead atoms. The number of nitrogens with one attached hydrogen (secondary N) is 1. The minimum atomic E-state index is -0.693. The number of nitrogens with zero attached hydrogens (tertiary/aromatic N) is 2. The average Bonchev–Trinajstić information content (AvgIpc) is 3.51. The van der Waals surface area contributed by atoms with Crippen LogP contribution in [-0.2, 0) is 4.74 Å². The summed E-state index contributed by atoms with van der Waals surface area (Å²) in [4.78, 5) is 16.3. The lowest BCUT2D eigenvalue weighted by Crippen LogP contribution is -2.39. The zero-order valence-corrected chi connectivity index (χ0v) is 17.0. The van der Waals surface area contributed by atoms with E-state index in [9.17, 15) is 9.18 Å². The molecule has 2 fully saturated rings. The van der Waals surface area contributed by atoms with Crippen LogP contribution in [0.25, 0.3) is 5.70 Å². The van der Waals surface area contributed by atoms with Crippen molar-refractivity contribution in [2.24, 2.45) is 17.5 Å². The highest BCUT2D eigenvalue weighted by atomic mass is 19.1. The van der Waals surface area contributed by atoms with Gasteiger partial charge in [-0.05, 0) is 51.4 Å². The van der Waals surface area contributed by atoms with Crippen LogP contribution in [0.1, 0.15) is 56.3 Å². The van der Waals surface area contributed by atoms with E-state index < -0.39 is 11.9 Å². The van der Waals surface area contributed by atoms with Gasteiger partial charge in [0.2, 0.25) is 0 Å². The third kappa shape index (κ3) is 5.72. The summed E-state index contributed by atoms with van der Waals surface area (Å²) in [6, 6.07) is 1.29. The number of hydrazine groups is 1.